The summed E-state index contributed by atoms with van der Waals surface area (Å²) in [5.74, 6) is 1.79. The Morgan fingerprint density at radius 2 is 2.06 bits per heavy atom. The van der Waals surface area contributed by atoms with Gasteiger partial charge in [-0.1, -0.05) is 0 Å². The highest BCUT2D eigenvalue weighted by Gasteiger charge is 2.18. The summed E-state index contributed by atoms with van der Waals surface area (Å²) in [6.45, 7) is 0. The first-order valence-electron chi connectivity index (χ1n) is 5.74. The lowest BCUT2D eigenvalue weighted by Gasteiger charge is -2.14. The zero-order chi connectivity index (χ0) is 11.5. The van der Waals surface area contributed by atoms with Gasteiger partial charge in [0.1, 0.15) is 11.5 Å². The van der Waals surface area contributed by atoms with Gasteiger partial charge in [-0.25, -0.2) is 0 Å². The number of hydrogen-bond donors (Lipinski definition) is 1. The number of fused-ring (bicyclic) bond motifs is 1. The molecule has 1 aliphatic rings. The monoisotopic (exact) mass is 221 g/mol. The van der Waals surface area contributed by atoms with E-state index in [1.165, 1.54) is 11.1 Å². The fourth-order valence-corrected chi connectivity index (χ4v) is 2.37. The van der Waals surface area contributed by atoms with Crippen molar-refractivity contribution in [3.8, 4) is 11.5 Å². The number of methoxy groups -OCH3 is 2. The number of rotatable bonds is 2. The van der Waals surface area contributed by atoms with E-state index in [-0.39, 0.29) is 6.04 Å². The third kappa shape index (κ3) is 2.14. The average molecular weight is 221 g/mol. The first-order valence-corrected chi connectivity index (χ1v) is 5.74. The van der Waals surface area contributed by atoms with Crippen LogP contribution in [0.25, 0.3) is 0 Å². The quantitative estimate of drug-likeness (QED) is 0.776. The smallest absolute Gasteiger partial charge is 0.126 e. The molecule has 2 rings (SSSR count). The van der Waals surface area contributed by atoms with Crippen LogP contribution in [0.5, 0.6) is 11.5 Å². The number of benzene rings is 1. The largest absolute Gasteiger partial charge is 0.497 e. The summed E-state index contributed by atoms with van der Waals surface area (Å²) in [5, 5.41) is 0. The third-order valence-corrected chi connectivity index (χ3v) is 3.21. The topological polar surface area (TPSA) is 44.5 Å². The van der Waals surface area contributed by atoms with Gasteiger partial charge in [-0.05, 0) is 42.9 Å². The van der Waals surface area contributed by atoms with Crippen molar-refractivity contribution in [1.29, 1.82) is 0 Å². The van der Waals surface area contributed by atoms with E-state index in [1.54, 1.807) is 14.2 Å². The zero-order valence-corrected chi connectivity index (χ0v) is 9.95. The normalized spacial score (nSPS) is 19.8. The van der Waals surface area contributed by atoms with Crippen molar-refractivity contribution >= 4 is 0 Å². The van der Waals surface area contributed by atoms with Crippen molar-refractivity contribution < 1.29 is 9.47 Å². The molecule has 16 heavy (non-hydrogen) atoms. The van der Waals surface area contributed by atoms with Gasteiger partial charge in [0, 0.05) is 12.1 Å². The van der Waals surface area contributed by atoms with E-state index in [2.05, 4.69) is 6.07 Å². The molecule has 1 atom stereocenters. The predicted octanol–water partition coefficient (Wildman–Crippen LogP) is 1.91. The average Bonchev–Trinajstić information content (AvgIpc) is 2.48. The molecule has 0 aromatic heterocycles. The van der Waals surface area contributed by atoms with Gasteiger partial charge in [0.15, 0.2) is 0 Å². The molecule has 1 unspecified atom stereocenters. The van der Waals surface area contributed by atoms with Crippen LogP contribution >= 0.6 is 0 Å². The van der Waals surface area contributed by atoms with Crippen LogP contribution in [0, 0.1) is 0 Å². The van der Waals surface area contributed by atoms with Crippen LogP contribution in [0.1, 0.15) is 24.0 Å². The zero-order valence-electron chi connectivity index (χ0n) is 9.95. The van der Waals surface area contributed by atoms with Crippen LogP contribution in [-0.2, 0) is 12.8 Å². The Morgan fingerprint density at radius 3 is 2.75 bits per heavy atom. The van der Waals surface area contributed by atoms with Crippen LogP contribution in [0.4, 0.5) is 0 Å². The Morgan fingerprint density at radius 1 is 1.25 bits per heavy atom. The molecular formula is C13H19NO2. The maximum atomic E-state index is 6.05. The summed E-state index contributed by atoms with van der Waals surface area (Å²) in [4.78, 5) is 0. The van der Waals surface area contributed by atoms with Crippen LogP contribution in [0.3, 0.4) is 0 Å². The van der Waals surface area contributed by atoms with Crippen molar-refractivity contribution in [2.75, 3.05) is 14.2 Å². The molecule has 0 amide bonds. The number of nitrogens with two attached hydrogens (primary N) is 1. The fourth-order valence-electron chi connectivity index (χ4n) is 2.37. The van der Waals surface area contributed by atoms with Crippen molar-refractivity contribution in [3.05, 3.63) is 23.3 Å². The number of ether oxygens (including phenoxy) is 2. The first kappa shape index (κ1) is 11.3. The van der Waals surface area contributed by atoms with Gasteiger partial charge in [0.25, 0.3) is 0 Å². The highest BCUT2D eigenvalue weighted by atomic mass is 16.5. The van der Waals surface area contributed by atoms with Gasteiger partial charge in [-0.15, -0.1) is 0 Å². The Kier molecular flexibility index (Phi) is 3.34. The molecule has 3 nitrogen and oxygen atoms in total. The molecule has 3 heteroatoms. The van der Waals surface area contributed by atoms with E-state index >= 15 is 0 Å². The minimum absolute atomic E-state index is 0.262. The molecule has 0 heterocycles. The van der Waals surface area contributed by atoms with Crippen LogP contribution in [0.15, 0.2) is 12.1 Å². The van der Waals surface area contributed by atoms with Gasteiger partial charge in [0.05, 0.1) is 14.2 Å². The van der Waals surface area contributed by atoms with Crippen molar-refractivity contribution in [1.82, 2.24) is 0 Å². The number of hydrogen-bond acceptors (Lipinski definition) is 3. The summed E-state index contributed by atoms with van der Waals surface area (Å²) in [6, 6.07) is 4.30. The first-order chi connectivity index (χ1) is 7.74. The second-order valence-corrected chi connectivity index (χ2v) is 4.32. The van der Waals surface area contributed by atoms with E-state index in [1.807, 2.05) is 6.07 Å². The fraction of sp³-hybridized carbons (Fsp3) is 0.538. The molecule has 0 saturated heterocycles. The molecule has 88 valence electrons. The van der Waals surface area contributed by atoms with Gasteiger partial charge in [-0.3, -0.25) is 0 Å². The molecule has 1 aliphatic carbocycles. The highest BCUT2D eigenvalue weighted by Crippen LogP contribution is 2.32. The SMILES string of the molecule is COc1cc2c(c(OC)c1)CCCC(N)C2. The van der Waals surface area contributed by atoms with E-state index in [0.29, 0.717) is 0 Å². The van der Waals surface area contributed by atoms with Gasteiger partial charge in [0.2, 0.25) is 0 Å². The van der Waals surface area contributed by atoms with Crippen molar-refractivity contribution in [2.24, 2.45) is 5.73 Å². The van der Waals surface area contributed by atoms with Crippen LogP contribution in [-0.4, -0.2) is 20.3 Å². The molecule has 0 aliphatic heterocycles. The van der Waals surface area contributed by atoms with Crippen LogP contribution in [0.2, 0.25) is 0 Å². The minimum atomic E-state index is 0.262. The van der Waals surface area contributed by atoms with E-state index in [4.69, 9.17) is 15.2 Å². The lowest BCUT2D eigenvalue weighted by molar-refractivity contribution is 0.390. The third-order valence-electron chi connectivity index (χ3n) is 3.21. The Balaban J connectivity index is 2.45. The van der Waals surface area contributed by atoms with Gasteiger partial charge in [-0.2, -0.15) is 0 Å². The van der Waals surface area contributed by atoms with E-state index in [9.17, 15) is 0 Å². The summed E-state index contributed by atoms with van der Waals surface area (Å²) in [7, 11) is 3.39. The molecule has 0 spiro atoms. The maximum Gasteiger partial charge on any atom is 0.126 e. The second-order valence-electron chi connectivity index (χ2n) is 4.32. The second kappa shape index (κ2) is 4.74. The van der Waals surface area contributed by atoms with Crippen LogP contribution < -0.4 is 15.2 Å². The summed E-state index contributed by atoms with van der Waals surface area (Å²) < 4.78 is 10.7. The van der Waals surface area contributed by atoms with E-state index < -0.39 is 0 Å². The molecule has 0 saturated carbocycles. The van der Waals surface area contributed by atoms with Crippen molar-refractivity contribution in [2.45, 2.75) is 31.7 Å². The standard InChI is InChI=1S/C13H19NO2/c1-15-11-7-9-6-10(14)4-3-5-12(9)13(8-11)16-2/h7-8,10H,3-6,14H2,1-2H3. The lowest BCUT2D eigenvalue weighted by atomic mass is 10.0. The summed E-state index contributed by atoms with van der Waals surface area (Å²) >= 11 is 0. The summed E-state index contributed by atoms with van der Waals surface area (Å²) in [5.41, 5.74) is 8.63. The molecule has 0 bridgehead atoms. The molecule has 1 aromatic carbocycles. The molecule has 1 aromatic rings. The maximum absolute atomic E-state index is 6.05. The Bertz CT molecular complexity index is 376. The van der Waals surface area contributed by atoms with Gasteiger partial charge >= 0.3 is 0 Å². The Hall–Kier alpha value is -1.22. The van der Waals surface area contributed by atoms with Crippen molar-refractivity contribution in [3.63, 3.8) is 0 Å². The van der Waals surface area contributed by atoms with E-state index in [0.717, 1.165) is 37.2 Å². The van der Waals surface area contributed by atoms with Gasteiger partial charge < -0.3 is 15.2 Å². The Labute approximate surface area is 96.5 Å². The molecule has 2 N–H and O–H groups in total. The summed E-state index contributed by atoms with van der Waals surface area (Å²) in [6.07, 6.45) is 4.19. The predicted molar refractivity (Wildman–Crippen MR) is 64.2 cm³/mol. The molecule has 0 fully saturated rings. The minimum Gasteiger partial charge on any atom is -0.497 e. The lowest BCUT2D eigenvalue weighted by Crippen LogP contribution is -2.21. The highest BCUT2D eigenvalue weighted by molar-refractivity contribution is 5.47. The molecule has 0 radical (unpaired) electrons. The molecular weight excluding hydrogens is 202 g/mol.